The van der Waals surface area contributed by atoms with Gasteiger partial charge in [-0.15, -0.1) is 0 Å². The van der Waals surface area contributed by atoms with Crippen molar-refractivity contribution in [3.8, 4) is 0 Å². The topological polar surface area (TPSA) is 61.4 Å². The molecule has 27 heavy (non-hydrogen) atoms. The summed E-state index contributed by atoms with van der Waals surface area (Å²) in [5, 5.41) is 5.40. The van der Waals surface area contributed by atoms with Crippen LogP contribution in [0.3, 0.4) is 0 Å². The molecule has 0 saturated heterocycles. The zero-order valence-electron chi connectivity index (χ0n) is 16.0. The largest absolute Gasteiger partial charge is 0.372 e. The van der Waals surface area contributed by atoms with Crippen molar-refractivity contribution in [3.05, 3.63) is 59.4 Å². The maximum atomic E-state index is 12.9. The Hall–Kier alpha value is -2.89. The van der Waals surface area contributed by atoms with Gasteiger partial charge >= 0.3 is 0 Å². The van der Waals surface area contributed by atoms with Gasteiger partial charge in [-0.05, 0) is 62.2 Å². The second-order valence-corrected chi connectivity index (χ2v) is 6.30. The lowest BCUT2D eigenvalue weighted by Gasteiger charge is -2.22. The number of benzene rings is 2. The van der Waals surface area contributed by atoms with E-state index in [1.807, 2.05) is 25.1 Å². The van der Waals surface area contributed by atoms with Crippen LogP contribution >= 0.6 is 0 Å². The van der Waals surface area contributed by atoms with Gasteiger partial charge in [-0.25, -0.2) is 4.39 Å². The van der Waals surface area contributed by atoms with Crippen LogP contribution in [0.1, 0.15) is 25.0 Å². The molecule has 0 bridgehead atoms. The molecule has 2 amide bonds. The van der Waals surface area contributed by atoms with Gasteiger partial charge in [0, 0.05) is 24.5 Å². The van der Waals surface area contributed by atoms with E-state index in [-0.39, 0.29) is 30.6 Å². The van der Waals surface area contributed by atoms with Gasteiger partial charge in [0.25, 0.3) is 0 Å². The minimum absolute atomic E-state index is 0.102. The Morgan fingerprint density at radius 2 is 1.67 bits per heavy atom. The molecule has 144 valence electrons. The zero-order valence-corrected chi connectivity index (χ0v) is 16.0. The number of aryl methyl sites for hydroxylation is 1. The highest BCUT2D eigenvalue weighted by Gasteiger charge is 2.10. The molecule has 2 rings (SSSR count). The first-order valence-corrected chi connectivity index (χ1v) is 9.09. The van der Waals surface area contributed by atoms with Crippen LogP contribution in [0.4, 0.5) is 15.8 Å². The fraction of sp³-hybridized carbons (Fsp3) is 0.333. The summed E-state index contributed by atoms with van der Waals surface area (Å²) >= 11 is 0. The number of rotatable bonds is 8. The van der Waals surface area contributed by atoms with E-state index in [9.17, 15) is 14.0 Å². The van der Waals surface area contributed by atoms with E-state index >= 15 is 0 Å². The fourth-order valence-corrected chi connectivity index (χ4v) is 2.80. The van der Waals surface area contributed by atoms with Gasteiger partial charge in [-0.3, -0.25) is 9.59 Å². The van der Waals surface area contributed by atoms with E-state index in [0.29, 0.717) is 5.56 Å². The standard InChI is InChI=1S/C21H26FN3O2/c1-4-25(5-2)18-10-11-19(15(3)12-18)24-21(27)14-23-20(26)13-16-6-8-17(22)9-7-16/h6-12H,4-5,13-14H2,1-3H3,(H,23,26)(H,24,27). The lowest BCUT2D eigenvalue weighted by Crippen LogP contribution is -2.33. The maximum absolute atomic E-state index is 12.9. The molecule has 0 aliphatic rings. The van der Waals surface area contributed by atoms with Crippen molar-refractivity contribution >= 4 is 23.2 Å². The van der Waals surface area contributed by atoms with Crippen molar-refractivity contribution in [1.82, 2.24) is 5.32 Å². The molecule has 5 nitrogen and oxygen atoms in total. The highest BCUT2D eigenvalue weighted by molar-refractivity contribution is 5.95. The molecular formula is C21H26FN3O2. The molecule has 2 aromatic rings. The molecular weight excluding hydrogens is 345 g/mol. The number of halogens is 1. The van der Waals surface area contributed by atoms with Crippen molar-refractivity contribution in [1.29, 1.82) is 0 Å². The van der Waals surface area contributed by atoms with Crippen molar-refractivity contribution in [3.63, 3.8) is 0 Å². The van der Waals surface area contributed by atoms with Gasteiger partial charge in [0.05, 0.1) is 13.0 Å². The molecule has 0 heterocycles. The summed E-state index contributed by atoms with van der Waals surface area (Å²) in [6.07, 6.45) is 0.102. The Morgan fingerprint density at radius 3 is 2.26 bits per heavy atom. The normalized spacial score (nSPS) is 10.4. The Kier molecular flexibility index (Phi) is 7.34. The predicted molar refractivity (Wildman–Crippen MR) is 106 cm³/mol. The average Bonchev–Trinajstić information content (AvgIpc) is 2.65. The summed E-state index contributed by atoms with van der Waals surface area (Å²) < 4.78 is 12.9. The molecule has 0 unspecified atom stereocenters. The smallest absolute Gasteiger partial charge is 0.243 e. The van der Waals surface area contributed by atoms with Crippen molar-refractivity contribution < 1.29 is 14.0 Å². The Morgan fingerprint density at radius 1 is 1.00 bits per heavy atom. The number of hydrogen-bond acceptors (Lipinski definition) is 3. The summed E-state index contributed by atoms with van der Waals surface area (Å²) in [4.78, 5) is 26.3. The third-order valence-corrected chi connectivity index (χ3v) is 4.34. The number of carbonyl (C=O) groups excluding carboxylic acids is 2. The van der Waals surface area contributed by atoms with Crippen molar-refractivity contribution in [2.75, 3.05) is 29.9 Å². The third-order valence-electron chi connectivity index (χ3n) is 4.34. The van der Waals surface area contributed by atoms with Crippen LogP contribution in [0, 0.1) is 12.7 Å². The molecule has 2 aromatic carbocycles. The first kappa shape index (κ1) is 20.4. The predicted octanol–water partition coefficient (Wildman–Crippen LogP) is 3.28. The van der Waals surface area contributed by atoms with E-state index in [4.69, 9.17) is 0 Å². The van der Waals surface area contributed by atoms with E-state index in [0.717, 1.165) is 30.0 Å². The van der Waals surface area contributed by atoms with Gasteiger partial charge < -0.3 is 15.5 Å². The molecule has 0 aliphatic heterocycles. The lowest BCUT2D eigenvalue weighted by atomic mass is 10.1. The molecule has 0 fully saturated rings. The average molecular weight is 371 g/mol. The highest BCUT2D eigenvalue weighted by atomic mass is 19.1. The monoisotopic (exact) mass is 371 g/mol. The van der Waals surface area contributed by atoms with Gasteiger partial charge in [-0.1, -0.05) is 12.1 Å². The minimum atomic E-state index is -0.346. The van der Waals surface area contributed by atoms with Crippen LogP contribution in [0.25, 0.3) is 0 Å². The summed E-state index contributed by atoms with van der Waals surface area (Å²) in [5.74, 6) is -0.924. The summed E-state index contributed by atoms with van der Waals surface area (Å²) in [5.41, 5.74) is 3.49. The minimum Gasteiger partial charge on any atom is -0.372 e. The number of hydrogen-bond donors (Lipinski definition) is 2. The highest BCUT2D eigenvalue weighted by Crippen LogP contribution is 2.22. The van der Waals surface area contributed by atoms with Crippen LogP contribution in [-0.2, 0) is 16.0 Å². The molecule has 0 spiro atoms. The Balaban J connectivity index is 1.86. The Bertz CT molecular complexity index is 787. The molecule has 0 radical (unpaired) electrons. The molecule has 0 atom stereocenters. The van der Waals surface area contributed by atoms with E-state index in [2.05, 4.69) is 29.4 Å². The maximum Gasteiger partial charge on any atom is 0.243 e. The Labute approximate surface area is 159 Å². The van der Waals surface area contributed by atoms with Crippen molar-refractivity contribution in [2.45, 2.75) is 27.2 Å². The first-order valence-electron chi connectivity index (χ1n) is 9.09. The number of anilines is 2. The van der Waals surface area contributed by atoms with E-state index < -0.39 is 0 Å². The molecule has 0 saturated carbocycles. The molecule has 2 N–H and O–H groups in total. The fourth-order valence-electron chi connectivity index (χ4n) is 2.80. The SMILES string of the molecule is CCN(CC)c1ccc(NC(=O)CNC(=O)Cc2ccc(F)cc2)c(C)c1. The number of carbonyl (C=O) groups is 2. The second-order valence-electron chi connectivity index (χ2n) is 6.30. The van der Waals surface area contributed by atoms with Gasteiger partial charge in [0.15, 0.2) is 0 Å². The number of nitrogens with zero attached hydrogens (tertiary/aromatic N) is 1. The zero-order chi connectivity index (χ0) is 19.8. The summed E-state index contributed by atoms with van der Waals surface area (Å²) in [7, 11) is 0. The second kappa shape index (κ2) is 9.71. The van der Waals surface area contributed by atoms with Crippen LogP contribution in [-0.4, -0.2) is 31.4 Å². The van der Waals surface area contributed by atoms with Crippen LogP contribution in [0.2, 0.25) is 0 Å². The molecule has 0 aliphatic carbocycles. The van der Waals surface area contributed by atoms with E-state index in [1.54, 1.807) is 12.1 Å². The van der Waals surface area contributed by atoms with E-state index in [1.165, 1.54) is 12.1 Å². The van der Waals surface area contributed by atoms with Crippen LogP contribution in [0.15, 0.2) is 42.5 Å². The van der Waals surface area contributed by atoms with Crippen molar-refractivity contribution in [2.24, 2.45) is 0 Å². The third kappa shape index (κ3) is 6.09. The molecule has 0 aromatic heterocycles. The summed E-state index contributed by atoms with van der Waals surface area (Å²) in [6.45, 7) is 7.86. The molecule has 6 heteroatoms. The van der Waals surface area contributed by atoms with Crippen LogP contribution < -0.4 is 15.5 Å². The quantitative estimate of drug-likeness (QED) is 0.749. The number of amides is 2. The van der Waals surface area contributed by atoms with Crippen LogP contribution in [0.5, 0.6) is 0 Å². The van der Waals surface area contributed by atoms with Gasteiger partial charge in [-0.2, -0.15) is 0 Å². The lowest BCUT2D eigenvalue weighted by molar-refractivity contribution is -0.123. The first-order chi connectivity index (χ1) is 12.9. The van der Waals surface area contributed by atoms with Gasteiger partial charge in [0.2, 0.25) is 11.8 Å². The summed E-state index contributed by atoms with van der Waals surface area (Å²) in [6, 6.07) is 11.6. The number of nitrogens with one attached hydrogen (secondary N) is 2. The van der Waals surface area contributed by atoms with Gasteiger partial charge in [0.1, 0.15) is 5.82 Å².